The molecule has 2 heterocycles. The van der Waals surface area contributed by atoms with Crippen molar-refractivity contribution < 1.29 is 4.79 Å². The summed E-state index contributed by atoms with van der Waals surface area (Å²) in [4.78, 5) is 13.5. The molecular weight excluding hydrogens is 338 g/mol. The number of carbonyl (C=O) groups excluding carboxylic acids is 1. The Labute approximate surface area is 149 Å². The Hall–Kier alpha value is -1.92. The number of rotatable bonds is 6. The standard InChI is InChI=1S/C18H19N3OS2/c1-4-21-17(16-6-5-9-23-16)19-20-18(21)24-11-15(22)14-8-7-12(2)13(3)10-14/h5-10H,4,11H2,1-3H3. The number of thiophene rings is 1. The van der Waals surface area contributed by atoms with Crippen molar-refractivity contribution in [1.82, 2.24) is 14.8 Å². The molecule has 0 radical (unpaired) electrons. The summed E-state index contributed by atoms with van der Waals surface area (Å²) in [6.45, 7) is 6.92. The lowest BCUT2D eigenvalue weighted by molar-refractivity contribution is 0.102. The summed E-state index contributed by atoms with van der Waals surface area (Å²) >= 11 is 3.09. The van der Waals surface area contributed by atoms with Crippen molar-refractivity contribution >= 4 is 28.9 Å². The molecule has 0 spiro atoms. The lowest BCUT2D eigenvalue weighted by Gasteiger charge is -2.07. The third kappa shape index (κ3) is 3.44. The van der Waals surface area contributed by atoms with Crippen molar-refractivity contribution in [2.24, 2.45) is 0 Å². The van der Waals surface area contributed by atoms with Crippen LogP contribution < -0.4 is 0 Å². The summed E-state index contributed by atoms with van der Waals surface area (Å²) in [5, 5.41) is 11.4. The predicted octanol–water partition coefficient (Wildman–Crippen LogP) is 4.62. The van der Waals surface area contributed by atoms with Gasteiger partial charge in [-0.25, -0.2) is 0 Å². The molecule has 2 aromatic heterocycles. The van der Waals surface area contributed by atoms with E-state index in [0.717, 1.165) is 33.5 Å². The van der Waals surface area contributed by atoms with Gasteiger partial charge in [-0.15, -0.1) is 21.5 Å². The van der Waals surface area contributed by atoms with Crippen LogP contribution in [0.5, 0.6) is 0 Å². The first-order valence-corrected chi connectivity index (χ1v) is 9.67. The molecule has 3 aromatic rings. The first-order valence-electron chi connectivity index (χ1n) is 7.80. The third-order valence-electron chi connectivity index (χ3n) is 3.94. The number of Topliss-reactive ketones (excluding diaryl/α,β-unsaturated/α-hetero) is 1. The molecule has 0 saturated carbocycles. The molecule has 6 heteroatoms. The van der Waals surface area contributed by atoms with Gasteiger partial charge in [-0.2, -0.15) is 0 Å². The highest BCUT2D eigenvalue weighted by atomic mass is 32.2. The number of hydrogen-bond acceptors (Lipinski definition) is 5. The van der Waals surface area contributed by atoms with Gasteiger partial charge in [-0.05, 0) is 49.4 Å². The second-order valence-corrected chi connectivity index (χ2v) is 7.43. The number of aryl methyl sites for hydroxylation is 2. The van der Waals surface area contributed by atoms with Gasteiger partial charge in [-0.3, -0.25) is 4.79 Å². The van der Waals surface area contributed by atoms with Crippen molar-refractivity contribution in [3.8, 4) is 10.7 Å². The summed E-state index contributed by atoms with van der Waals surface area (Å²) in [5.41, 5.74) is 3.10. The van der Waals surface area contributed by atoms with Gasteiger partial charge in [0.1, 0.15) is 0 Å². The number of hydrogen-bond donors (Lipinski definition) is 0. The molecule has 0 amide bonds. The average Bonchev–Trinajstić information content (AvgIpc) is 3.23. The predicted molar refractivity (Wildman–Crippen MR) is 100.0 cm³/mol. The molecule has 0 bridgehead atoms. The molecule has 0 saturated heterocycles. The van der Waals surface area contributed by atoms with E-state index < -0.39 is 0 Å². The zero-order valence-electron chi connectivity index (χ0n) is 13.9. The van der Waals surface area contributed by atoms with E-state index in [1.165, 1.54) is 17.3 Å². The Morgan fingerprint density at radius 3 is 2.71 bits per heavy atom. The minimum absolute atomic E-state index is 0.117. The molecule has 1 aromatic carbocycles. The molecule has 0 aliphatic carbocycles. The van der Waals surface area contributed by atoms with Crippen molar-refractivity contribution in [3.63, 3.8) is 0 Å². The fourth-order valence-corrected chi connectivity index (χ4v) is 4.01. The van der Waals surface area contributed by atoms with Gasteiger partial charge in [0.25, 0.3) is 0 Å². The fraction of sp³-hybridized carbons (Fsp3) is 0.278. The van der Waals surface area contributed by atoms with Crippen LogP contribution in [0.3, 0.4) is 0 Å². The highest BCUT2D eigenvalue weighted by Gasteiger charge is 2.16. The summed E-state index contributed by atoms with van der Waals surface area (Å²) < 4.78 is 2.06. The molecular formula is C18H19N3OS2. The van der Waals surface area contributed by atoms with Crippen LogP contribution in [0.1, 0.15) is 28.4 Å². The summed E-state index contributed by atoms with van der Waals surface area (Å²) in [7, 11) is 0. The van der Waals surface area contributed by atoms with Crippen LogP contribution in [0, 0.1) is 13.8 Å². The first kappa shape index (κ1) is 16.9. The largest absolute Gasteiger partial charge is 0.302 e. The number of aromatic nitrogens is 3. The van der Waals surface area contributed by atoms with E-state index in [4.69, 9.17) is 0 Å². The summed E-state index contributed by atoms with van der Waals surface area (Å²) in [6.07, 6.45) is 0. The lowest BCUT2D eigenvalue weighted by atomic mass is 10.0. The Bertz CT molecular complexity index is 853. The summed E-state index contributed by atoms with van der Waals surface area (Å²) in [6, 6.07) is 9.89. The van der Waals surface area contributed by atoms with Crippen molar-refractivity contribution in [3.05, 3.63) is 52.4 Å². The van der Waals surface area contributed by atoms with E-state index in [1.807, 2.05) is 49.6 Å². The van der Waals surface area contributed by atoms with Crippen LogP contribution in [0.4, 0.5) is 0 Å². The SMILES string of the molecule is CCn1c(SCC(=O)c2ccc(C)c(C)c2)nnc1-c1cccs1. The number of benzene rings is 1. The van der Waals surface area contributed by atoms with Gasteiger partial charge in [-0.1, -0.05) is 30.0 Å². The molecule has 0 aliphatic rings. The maximum absolute atomic E-state index is 12.4. The minimum atomic E-state index is 0.117. The molecule has 124 valence electrons. The molecule has 0 unspecified atom stereocenters. The van der Waals surface area contributed by atoms with Crippen LogP contribution in [0.15, 0.2) is 40.9 Å². The average molecular weight is 358 g/mol. The fourth-order valence-electron chi connectivity index (χ4n) is 2.40. The van der Waals surface area contributed by atoms with Gasteiger partial charge >= 0.3 is 0 Å². The topological polar surface area (TPSA) is 47.8 Å². The smallest absolute Gasteiger partial charge is 0.191 e. The monoisotopic (exact) mass is 357 g/mol. The number of ketones is 1. The van der Waals surface area contributed by atoms with Gasteiger partial charge in [0.2, 0.25) is 0 Å². The van der Waals surface area contributed by atoms with Crippen LogP contribution >= 0.6 is 23.1 Å². The molecule has 4 nitrogen and oxygen atoms in total. The van der Waals surface area contributed by atoms with Gasteiger partial charge in [0.05, 0.1) is 10.6 Å². The Balaban J connectivity index is 1.75. The summed E-state index contributed by atoms with van der Waals surface area (Å²) in [5.74, 6) is 1.35. The highest BCUT2D eigenvalue weighted by Crippen LogP contribution is 2.27. The third-order valence-corrected chi connectivity index (χ3v) is 5.77. The Morgan fingerprint density at radius 1 is 1.21 bits per heavy atom. The lowest BCUT2D eigenvalue weighted by Crippen LogP contribution is -2.05. The first-order chi connectivity index (χ1) is 11.6. The Kier molecular flexibility index (Phi) is 5.16. The maximum atomic E-state index is 12.4. The van der Waals surface area contributed by atoms with E-state index in [0.29, 0.717) is 5.75 Å². The molecule has 0 N–H and O–H groups in total. The van der Waals surface area contributed by atoms with E-state index in [1.54, 1.807) is 11.3 Å². The quantitative estimate of drug-likeness (QED) is 0.477. The minimum Gasteiger partial charge on any atom is -0.302 e. The van der Waals surface area contributed by atoms with Crippen molar-refractivity contribution in [2.45, 2.75) is 32.5 Å². The maximum Gasteiger partial charge on any atom is 0.191 e. The van der Waals surface area contributed by atoms with Crippen LogP contribution in [-0.4, -0.2) is 26.3 Å². The normalized spacial score (nSPS) is 11.0. The molecule has 0 fully saturated rings. The second-order valence-electron chi connectivity index (χ2n) is 5.54. The van der Waals surface area contributed by atoms with E-state index in [2.05, 4.69) is 21.7 Å². The van der Waals surface area contributed by atoms with Gasteiger partial charge in [0.15, 0.2) is 16.8 Å². The van der Waals surface area contributed by atoms with Crippen LogP contribution in [0.2, 0.25) is 0 Å². The van der Waals surface area contributed by atoms with E-state index in [9.17, 15) is 4.79 Å². The molecule has 0 aliphatic heterocycles. The van der Waals surface area contributed by atoms with Crippen molar-refractivity contribution in [2.75, 3.05) is 5.75 Å². The molecule has 3 rings (SSSR count). The Morgan fingerprint density at radius 2 is 2.04 bits per heavy atom. The van der Waals surface area contributed by atoms with Crippen LogP contribution in [-0.2, 0) is 6.54 Å². The van der Waals surface area contributed by atoms with Gasteiger partial charge < -0.3 is 4.57 Å². The van der Waals surface area contributed by atoms with E-state index >= 15 is 0 Å². The number of thioether (sulfide) groups is 1. The molecule has 24 heavy (non-hydrogen) atoms. The van der Waals surface area contributed by atoms with Crippen LogP contribution in [0.25, 0.3) is 10.7 Å². The van der Waals surface area contributed by atoms with Gasteiger partial charge in [0, 0.05) is 12.1 Å². The molecule has 0 atom stereocenters. The zero-order valence-corrected chi connectivity index (χ0v) is 15.6. The second kappa shape index (κ2) is 7.32. The number of carbonyl (C=O) groups is 1. The van der Waals surface area contributed by atoms with Crippen molar-refractivity contribution in [1.29, 1.82) is 0 Å². The highest BCUT2D eigenvalue weighted by molar-refractivity contribution is 7.99. The zero-order chi connectivity index (χ0) is 17.1. The van der Waals surface area contributed by atoms with E-state index in [-0.39, 0.29) is 5.78 Å². The number of nitrogens with zero attached hydrogens (tertiary/aromatic N) is 3.